The lowest BCUT2D eigenvalue weighted by molar-refractivity contribution is 0.626. The summed E-state index contributed by atoms with van der Waals surface area (Å²) in [6, 6.07) is 0. The quantitative estimate of drug-likeness (QED) is 0.352. The van der Waals surface area contributed by atoms with Gasteiger partial charge in [-0.3, -0.25) is 4.99 Å². The van der Waals surface area contributed by atoms with E-state index in [1.807, 2.05) is 0 Å². The first kappa shape index (κ1) is 8.79. The Morgan fingerprint density at radius 2 is 2.45 bits per heavy atom. The summed E-state index contributed by atoms with van der Waals surface area (Å²) in [7, 11) is 0. The van der Waals surface area contributed by atoms with Gasteiger partial charge in [0.15, 0.2) is 0 Å². The third kappa shape index (κ3) is 3.57. The molecule has 1 atom stereocenters. The molecule has 0 radical (unpaired) electrons. The van der Waals surface area contributed by atoms with Crippen LogP contribution in [0.3, 0.4) is 0 Å². The van der Waals surface area contributed by atoms with Crippen LogP contribution in [-0.2, 0) is 0 Å². The summed E-state index contributed by atoms with van der Waals surface area (Å²) < 4.78 is 0. The van der Waals surface area contributed by atoms with Crippen LogP contribution in [0.15, 0.2) is 17.1 Å². The monoisotopic (exact) mass is 171 g/mol. The van der Waals surface area contributed by atoms with E-state index in [4.69, 9.17) is 11.6 Å². The minimum atomic E-state index is 0.638. The Morgan fingerprint density at radius 3 is 3.09 bits per heavy atom. The minimum Gasteiger partial charge on any atom is -0.296 e. The molecule has 0 heterocycles. The number of alkyl halides is 1. The molecule has 0 spiro atoms. The molecule has 0 saturated carbocycles. The van der Waals surface area contributed by atoms with E-state index in [-0.39, 0.29) is 0 Å². The number of hydrogen-bond donors (Lipinski definition) is 0. The fraction of sp³-hybridized carbons (Fsp3) is 0.667. The van der Waals surface area contributed by atoms with E-state index < -0.39 is 0 Å². The molecule has 0 aliphatic heterocycles. The van der Waals surface area contributed by atoms with Crippen molar-refractivity contribution in [2.24, 2.45) is 10.9 Å². The molecule has 0 aromatic rings. The van der Waals surface area contributed by atoms with Gasteiger partial charge in [-0.1, -0.05) is 12.2 Å². The highest BCUT2D eigenvalue weighted by molar-refractivity contribution is 6.18. The van der Waals surface area contributed by atoms with Gasteiger partial charge >= 0.3 is 0 Å². The molecule has 0 bridgehead atoms. The third-order valence-electron chi connectivity index (χ3n) is 1.84. The number of hydrogen-bond acceptors (Lipinski definition) is 1. The SMILES string of the molecule is ClCCN=CC1CC=CCC1. The zero-order valence-corrected chi connectivity index (χ0v) is 7.43. The van der Waals surface area contributed by atoms with Gasteiger partial charge in [-0.25, -0.2) is 0 Å². The molecule has 1 unspecified atom stereocenters. The smallest absolute Gasteiger partial charge is 0.0521 e. The van der Waals surface area contributed by atoms with Gasteiger partial charge in [0.25, 0.3) is 0 Å². The van der Waals surface area contributed by atoms with Crippen LogP contribution in [0.25, 0.3) is 0 Å². The zero-order chi connectivity index (χ0) is 7.94. The Labute approximate surface area is 73.2 Å². The Bertz CT molecular complexity index is 152. The Morgan fingerprint density at radius 1 is 1.55 bits per heavy atom. The number of nitrogens with zero attached hydrogens (tertiary/aromatic N) is 1. The van der Waals surface area contributed by atoms with E-state index >= 15 is 0 Å². The van der Waals surface area contributed by atoms with E-state index in [0.717, 1.165) is 13.0 Å². The van der Waals surface area contributed by atoms with Gasteiger partial charge in [-0.2, -0.15) is 0 Å². The zero-order valence-electron chi connectivity index (χ0n) is 6.67. The van der Waals surface area contributed by atoms with Crippen molar-refractivity contribution in [1.29, 1.82) is 0 Å². The van der Waals surface area contributed by atoms with Crippen LogP contribution >= 0.6 is 11.6 Å². The second-order valence-corrected chi connectivity index (χ2v) is 3.17. The van der Waals surface area contributed by atoms with Crippen molar-refractivity contribution in [3.63, 3.8) is 0 Å². The van der Waals surface area contributed by atoms with Crippen LogP contribution in [0, 0.1) is 5.92 Å². The fourth-order valence-corrected chi connectivity index (χ4v) is 1.32. The average molecular weight is 172 g/mol. The lowest BCUT2D eigenvalue weighted by Gasteiger charge is -2.11. The largest absolute Gasteiger partial charge is 0.296 e. The van der Waals surface area contributed by atoms with Crippen LogP contribution < -0.4 is 0 Å². The van der Waals surface area contributed by atoms with Gasteiger partial charge in [-0.15, -0.1) is 11.6 Å². The molecule has 0 aromatic heterocycles. The van der Waals surface area contributed by atoms with Crippen molar-refractivity contribution in [2.75, 3.05) is 12.4 Å². The van der Waals surface area contributed by atoms with Crippen LogP contribution in [0.1, 0.15) is 19.3 Å². The molecule has 1 aliphatic rings. The van der Waals surface area contributed by atoms with Gasteiger partial charge in [0.05, 0.1) is 6.54 Å². The summed E-state index contributed by atoms with van der Waals surface area (Å²) in [4.78, 5) is 4.22. The molecule has 0 saturated heterocycles. The normalized spacial score (nSPS) is 24.6. The summed E-state index contributed by atoms with van der Waals surface area (Å²) in [5.74, 6) is 1.31. The average Bonchev–Trinajstić information content (AvgIpc) is 2.07. The van der Waals surface area contributed by atoms with Crippen LogP contribution in [0.4, 0.5) is 0 Å². The maximum atomic E-state index is 5.49. The molecule has 0 N–H and O–H groups in total. The first-order chi connectivity index (χ1) is 5.43. The number of aliphatic imine (C=N–C) groups is 1. The highest BCUT2D eigenvalue weighted by Crippen LogP contribution is 2.15. The molecular weight excluding hydrogens is 158 g/mol. The maximum absolute atomic E-state index is 5.49. The lowest BCUT2D eigenvalue weighted by atomic mass is 9.96. The second kappa shape index (κ2) is 5.36. The van der Waals surface area contributed by atoms with Gasteiger partial charge < -0.3 is 0 Å². The van der Waals surface area contributed by atoms with E-state index in [9.17, 15) is 0 Å². The maximum Gasteiger partial charge on any atom is 0.0521 e. The van der Waals surface area contributed by atoms with Gasteiger partial charge in [0.1, 0.15) is 0 Å². The Kier molecular flexibility index (Phi) is 4.29. The first-order valence-corrected chi connectivity index (χ1v) is 4.68. The summed E-state index contributed by atoms with van der Waals surface area (Å²) in [5, 5.41) is 0. The van der Waals surface area contributed by atoms with E-state index in [1.54, 1.807) is 0 Å². The molecule has 11 heavy (non-hydrogen) atoms. The molecule has 1 rings (SSSR count). The second-order valence-electron chi connectivity index (χ2n) is 2.79. The molecule has 0 amide bonds. The number of rotatable bonds is 3. The van der Waals surface area contributed by atoms with Gasteiger partial charge in [0, 0.05) is 12.1 Å². The first-order valence-electron chi connectivity index (χ1n) is 4.14. The van der Waals surface area contributed by atoms with Crippen molar-refractivity contribution in [3.05, 3.63) is 12.2 Å². The minimum absolute atomic E-state index is 0.638. The third-order valence-corrected chi connectivity index (χ3v) is 2.01. The van der Waals surface area contributed by atoms with Gasteiger partial charge in [-0.05, 0) is 25.2 Å². The van der Waals surface area contributed by atoms with Gasteiger partial charge in [0.2, 0.25) is 0 Å². The van der Waals surface area contributed by atoms with E-state index in [0.29, 0.717) is 11.8 Å². The van der Waals surface area contributed by atoms with Crippen LogP contribution in [0.2, 0.25) is 0 Å². The summed E-state index contributed by atoms with van der Waals surface area (Å²) in [6.45, 7) is 0.766. The molecule has 1 nitrogen and oxygen atoms in total. The van der Waals surface area contributed by atoms with Crippen molar-refractivity contribution in [2.45, 2.75) is 19.3 Å². The van der Waals surface area contributed by atoms with E-state index in [2.05, 4.69) is 23.4 Å². The van der Waals surface area contributed by atoms with Crippen LogP contribution in [-0.4, -0.2) is 18.6 Å². The summed E-state index contributed by atoms with van der Waals surface area (Å²) in [5.41, 5.74) is 0. The molecule has 2 heteroatoms. The molecule has 1 aliphatic carbocycles. The van der Waals surface area contributed by atoms with E-state index in [1.165, 1.54) is 12.8 Å². The Hall–Kier alpha value is -0.300. The fourth-order valence-electron chi connectivity index (χ4n) is 1.22. The topological polar surface area (TPSA) is 12.4 Å². The predicted molar refractivity (Wildman–Crippen MR) is 50.6 cm³/mol. The van der Waals surface area contributed by atoms with Crippen molar-refractivity contribution in [3.8, 4) is 0 Å². The number of allylic oxidation sites excluding steroid dienone is 2. The molecular formula is C9H14ClN. The van der Waals surface area contributed by atoms with Crippen molar-refractivity contribution < 1.29 is 0 Å². The summed E-state index contributed by atoms with van der Waals surface area (Å²) >= 11 is 5.49. The molecule has 62 valence electrons. The highest BCUT2D eigenvalue weighted by Gasteiger charge is 2.05. The molecule has 0 aromatic carbocycles. The Balaban J connectivity index is 2.20. The lowest BCUT2D eigenvalue weighted by Crippen LogP contribution is -2.04. The van der Waals surface area contributed by atoms with Crippen LogP contribution in [0.5, 0.6) is 0 Å². The standard InChI is InChI=1S/C9H14ClN/c10-6-7-11-8-9-4-2-1-3-5-9/h1-2,8-9H,3-7H2. The van der Waals surface area contributed by atoms with Crippen molar-refractivity contribution in [1.82, 2.24) is 0 Å². The molecule has 0 fully saturated rings. The highest BCUT2D eigenvalue weighted by atomic mass is 35.5. The summed E-state index contributed by atoms with van der Waals surface area (Å²) in [6.07, 6.45) is 10.2. The predicted octanol–water partition coefficient (Wildman–Crippen LogP) is 2.65. The number of halogens is 1. The van der Waals surface area contributed by atoms with Crippen molar-refractivity contribution >= 4 is 17.8 Å².